The first-order chi connectivity index (χ1) is 12.8. The number of nitrogens with zero attached hydrogens (tertiary/aromatic N) is 5. The second kappa shape index (κ2) is 7.87. The van der Waals surface area contributed by atoms with E-state index in [1.165, 1.54) is 17.5 Å². The van der Waals surface area contributed by atoms with Crippen molar-refractivity contribution in [2.24, 2.45) is 5.10 Å². The van der Waals surface area contributed by atoms with Crippen LogP contribution in [0, 0.1) is 0 Å². The average Bonchev–Trinajstić information content (AvgIpc) is 2.65. The highest BCUT2D eigenvalue weighted by molar-refractivity contribution is 7.88. The largest absolute Gasteiger partial charge is 0.345 e. The smallest absolute Gasteiger partial charge is 0.223 e. The normalized spacial score (nSPS) is 19.7. The SMILES string of the molecule is CC(=O)N1CC/C(=N/NC(=S)N2CCN(S(C)(=O)=O)CC2)c2ncccc21. The number of hydrogen-bond donors (Lipinski definition) is 1. The van der Waals surface area contributed by atoms with Gasteiger partial charge in [-0.15, -0.1) is 0 Å². The van der Waals surface area contributed by atoms with Crippen LogP contribution in [0.5, 0.6) is 0 Å². The predicted octanol–water partition coefficient (Wildman–Crippen LogP) is -0.00600. The van der Waals surface area contributed by atoms with E-state index in [0.717, 1.165) is 11.4 Å². The van der Waals surface area contributed by atoms with Gasteiger partial charge in [-0.05, 0) is 24.4 Å². The summed E-state index contributed by atoms with van der Waals surface area (Å²) in [6.07, 6.45) is 3.45. The summed E-state index contributed by atoms with van der Waals surface area (Å²) in [6.45, 7) is 3.88. The van der Waals surface area contributed by atoms with Crippen molar-refractivity contribution in [2.75, 3.05) is 43.9 Å². The van der Waals surface area contributed by atoms with Gasteiger partial charge in [-0.25, -0.2) is 8.42 Å². The number of sulfonamides is 1. The van der Waals surface area contributed by atoms with Crippen LogP contribution < -0.4 is 10.3 Å². The van der Waals surface area contributed by atoms with Gasteiger partial charge in [0.1, 0.15) is 5.69 Å². The maximum atomic E-state index is 11.8. The van der Waals surface area contributed by atoms with E-state index in [0.29, 0.717) is 50.0 Å². The number of hydrazone groups is 1. The monoisotopic (exact) mass is 410 g/mol. The molecule has 1 fully saturated rings. The van der Waals surface area contributed by atoms with Crippen LogP contribution in [-0.2, 0) is 14.8 Å². The Morgan fingerprint density at radius 1 is 1.26 bits per heavy atom. The van der Waals surface area contributed by atoms with Crippen molar-refractivity contribution in [1.82, 2.24) is 19.6 Å². The van der Waals surface area contributed by atoms with Crippen molar-refractivity contribution in [1.29, 1.82) is 0 Å². The molecule has 2 aliphatic rings. The van der Waals surface area contributed by atoms with Gasteiger partial charge in [0.2, 0.25) is 15.9 Å². The van der Waals surface area contributed by atoms with Crippen LogP contribution in [0.3, 0.4) is 0 Å². The lowest BCUT2D eigenvalue weighted by atomic mass is 10.1. The molecule has 1 amide bonds. The van der Waals surface area contributed by atoms with Gasteiger partial charge in [0.05, 0.1) is 17.7 Å². The number of nitrogens with one attached hydrogen (secondary N) is 1. The van der Waals surface area contributed by atoms with Gasteiger partial charge < -0.3 is 9.80 Å². The molecule has 27 heavy (non-hydrogen) atoms. The van der Waals surface area contributed by atoms with Crippen LogP contribution in [0.15, 0.2) is 23.4 Å². The van der Waals surface area contributed by atoms with E-state index in [-0.39, 0.29) is 5.91 Å². The predicted molar refractivity (Wildman–Crippen MR) is 107 cm³/mol. The molecule has 0 spiro atoms. The number of piperazine rings is 1. The number of carbonyl (C=O) groups is 1. The first kappa shape index (κ1) is 19.6. The molecule has 1 aromatic heterocycles. The van der Waals surface area contributed by atoms with Gasteiger partial charge in [-0.3, -0.25) is 15.2 Å². The molecule has 0 radical (unpaired) electrons. The summed E-state index contributed by atoms with van der Waals surface area (Å²) in [7, 11) is -3.18. The molecule has 11 heteroatoms. The molecule has 0 unspecified atom stereocenters. The third-order valence-electron chi connectivity index (χ3n) is 4.58. The number of anilines is 1. The van der Waals surface area contributed by atoms with Crippen LogP contribution in [-0.4, -0.2) is 78.3 Å². The molecule has 3 rings (SSSR count). The van der Waals surface area contributed by atoms with Crippen molar-refractivity contribution in [2.45, 2.75) is 13.3 Å². The van der Waals surface area contributed by atoms with Gasteiger partial charge in [0.15, 0.2) is 5.11 Å². The highest BCUT2D eigenvalue weighted by Crippen LogP contribution is 2.25. The fourth-order valence-corrected chi connectivity index (χ4v) is 4.19. The summed E-state index contributed by atoms with van der Waals surface area (Å²) in [4.78, 5) is 19.8. The number of carbonyl (C=O) groups excluding carboxylic acids is 1. The molecule has 1 N–H and O–H groups in total. The molecule has 0 saturated carbocycles. The fraction of sp³-hybridized carbons (Fsp3) is 0.500. The molecule has 2 aliphatic heterocycles. The van der Waals surface area contributed by atoms with Crippen LogP contribution >= 0.6 is 12.2 Å². The lowest BCUT2D eigenvalue weighted by molar-refractivity contribution is -0.116. The van der Waals surface area contributed by atoms with E-state index in [4.69, 9.17) is 12.2 Å². The molecule has 0 aliphatic carbocycles. The van der Waals surface area contributed by atoms with Gasteiger partial charge >= 0.3 is 0 Å². The van der Waals surface area contributed by atoms with Crippen molar-refractivity contribution in [3.8, 4) is 0 Å². The molecule has 1 aromatic rings. The van der Waals surface area contributed by atoms with Crippen LogP contribution in [0.25, 0.3) is 0 Å². The van der Waals surface area contributed by atoms with E-state index in [9.17, 15) is 13.2 Å². The van der Waals surface area contributed by atoms with Crippen LogP contribution in [0.1, 0.15) is 19.0 Å². The first-order valence-electron chi connectivity index (χ1n) is 8.57. The van der Waals surface area contributed by atoms with E-state index in [2.05, 4.69) is 15.5 Å². The molecule has 0 aromatic carbocycles. The minimum atomic E-state index is -3.18. The molecule has 3 heterocycles. The molecule has 9 nitrogen and oxygen atoms in total. The summed E-state index contributed by atoms with van der Waals surface area (Å²) in [6, 6.07) is 3.64. The summed E-state index contributed by atoms with van der Waals surface area (Å²) < 4.78 is 24.6. The summed E-state index contributed by atoms with van der Waals surface area (Å²) in [5.41, 5.74) is 5.03. The van der Waals surface area contributed by atoms with Gasteiger partial charge in [-0.2, -0.15) is 9.41 Å². The lowest BCUT2D eigenvalue weighted by Crippen LogP contribution is -2.52. The Hall–Kier alpha value is -2.11. The highest BCUT2D eigenvalue weighted by Gasteiger charge is 2.26. The summed E-state index contributed by atoms with van der Waals surface area (Å²) in [5, 5.41) is 4.86. The van der Waals surface area contributed by atoms with Crippen molar-refractivity contribution in [3.05, 3.63) is 24.0 Å². The Labute approximate surface area is 164 Å². The van der Waals surface area contributed by atoms with Crippen molar-refractivity contribution >= 4 is 44.7 Å². The zero-order valence-corrected chi connectivity index (χ0v) is 16.9. The van der Waals surface area contributed by atoms with Crippen molar-refractivity contribution in [3.63, 3.8) is 0 Å². The van der Waals surface area contributed by atoms with Crippen LogP contribution in [0.4, 0.5) is 5.69 Å². The zero-order chi connectivity index (χ0) is 19.6. The molecule has 0 bridgehead atoms. The van der Waals surface area contributed by atoms with E-state index >= 15 is 0 Å². The number of amides is 1. The minimum absolute atomic E-state index is 0.0319. The van der Waals surface area contributed by atoms with E-state index < -0.39 is 10.0 Å². The molecular formula is C16H22N6O3S2. The third kappa shape index (κ3) is 4.42. The van der Waals surface area contributed by atoms with E-state index in [1.807, 2.05) is 11.0 Å². The number of pyridine rings is 1. The standard InChI is InChI=1S/C16H22N6O3S2/c1-12(23)22-7-5-13(15-14(22)4-3-6-17-15)18-19-16(26)20-8-10-21(11-9-20)27(2,24)25/h3-4,6H,5,7-11H2,1-2H3,(H,19,26)/b18-13-. The number of hydrogen-bond acceptors (Lipinski definition) is 6. The van der Waals surface area contributed by atoms with Crippen molar-refractivity contribution < 1.29 is 13.2 Å². The number of thiocarbonyl (C=S) groups is 1. The van der Waals surface area contributed by atoms with Crippen LogP contribution in [0.2, 0.25) is 0 Å². The topological polar surface area (TPSA) is 98.2 Å². The quantitative estimate of drug-likeness (QED) is 0.541. The first-order valence-corrected chi connectivity index (χ1v) is 10.8. The lowest BCUT2D eigenvalue weighted by Gasteiger charge is -2.34. The average molecular weight is 411 g/mol. The maximum Gasteiger partial charge on any atom is 0.223 e. The van der Waals surface area contributed by atoms with Gasteiger partial charge in [0.25, 0.3) is 0 Å². The minimum Gasteiger partial charge on any atom is -0.345 e. The second-order valence-corrected chi connectivity index (χ2v) is 8.79. The second-order valence-electron chi connectivity index (χ2n) is 6.42. The number of fused-ring (bicyclic) bond motifs is 1. The van der Waals surface area contributed by atoms with Gasteiger partial charge in [-0.1, -0.05) is 0 Å². The molecular weight excluding hydrogens is 388 g/mol. The van der Waals surface area contributed by atoms with Gasteiger partial charge in [0, 0.05) is 52.3 Å². The Morgan fingerprint density at radius 3 is 2.59 bits per heavy atom. The number of rotatable bonds is 2. The Bertz CT molecular complexity index is 878. The summed E-state index contributed by atoms with van der Waals surface area (Å²) in [5.74, 6) is -0.0319. The highest BCUT2D eigenvalue weighted by atomic mass is 32.2. The maximum absolute atomic E-state index is 11.8. The Morgan fingerprint density at radius 2 is 1.96 bits per heavy atom. The Kier molecular flexibility index (Phi) is 5.72. The molecule has 0 atom stereocenters. The fourth-order valence-electron chi connectivity index (χ4n) is 3.14. The Balaban J connectivity index is 1.67. The zero-order valence-electron chi connectivity index (χ0n) is 15.3. The molecule has 1 saturated heterocycles. The third-order valence-corrected chi connectivity index (χ3v) is 6.24. The molecule has 146 valence electrons. The number of aromatic nitrogens is 1. The summed E-state index contributed by atoms with van der Waals surface area (Å²) >= 11 is 5.39. The van der Waals surface area contributed by atoms with E-state index in [1.54, 1.807) is 17.2 Å².